The summed E-state index contributed by atoms with van der Waals surface area (Å²) in [6.07, 6.45) is 2.41. The lowest BCUT2D eigenvalue weighted by Crippen LogP contribution is -2.16. The van der Waals surface area contributed by atoms with Crippen LogP contribution in [0.3, 0.4) is 0 Å². The van der Waals surface area contributed by atoms with Gasteiger partial charge >= 0.3 is 0 Å². The van der Waals surface area contributed by atoms with E-state index in [2.05, 4.69) is 15.2 Å². The zero-order valence-electron chi connectivity index (χ0n) is 12.7. The second-order valence-corrected chi connectivity index (χ2v) is 7.70. The van der Waals surface area contributed by atoms with Crippen molar-refractivity contribution in [3.05, 3.63) is 35.0 Å². The molecule has 3 heterocycles. The van der Waals surface area contributed by atoms with Crippen molar-refractivity contribution in [3.8, 4) is 0 Å². The van der Waals surface area contributed by atoms with Crippen molar-refractivity contribution in [1.82, 2.24) is 4.98 Å². The lowest BCUT2D eigenvalue weighted by molar-refractivity contribution is 0.103. The first-order valence-corrected chi connectivity index (χ1v) is 9.25. The maximum Gasteiger partial charge on any atom is 0.265 e. The fourth-order valence-electron chi connectivity index (χ4n) is 2.70. The second-order valence-electron chi connectivity index (χ2n) is 5.66. The van der Waals surface area contributed by atoms with E-state index in [9.17, 15) is 9.18 Å². The molecule has 5 nitrogen and oxygen atoms in total. The van der Waals surface area contributed by atoms with Gasteiger partial charge in [-0.15, -0.1) is 11.3 Å². The molecule has 1 amide bonds. The summed E-state index contributed by atoms with van der Waals surface area (Å²) >= 11 is 2.95. The van der Waals surface area contributed by atoms with Gasteiger partial charge < -0.3 is 16.0 Å². The Kier molecular flexibility index (Phi) is 3.85. The standard InChI is InChI=1S/C16H15FN4OS2/c17-9-3-4-10(18)11(7-9)19-14(22)12-8-13-15(23-12)20-16(24-13)21-5-1-2-6-21/h3-4,7-8H,1-2,5-6,18H2,(H,19,22). The Morgan fingerprint density at radius 2 is 2.04 bits per heavy atom. The van der Waals surface area contributed by atoms with Crippen molar-refractivity contribution in [2.24, 2.45) is 0 Å². The SMILES string of the molecule is Nc1ccc(F)cc1NC(=O)c1cc2sc(N3CCCC3)nc2s1. The molecule has 0 atom stereocenters. The van der Waals surface area contributed by atoms with E-state index in [1.165, 1.54) is 42.4 Å². The number of rotatable bonds is 3. The molecule has 124 valence electrons. The molecule has 0 aliphatic carbocycles. The number of thiazole rings is 1. The molecule has 1 aliphatic heterocycles. The average molecular weight is 362 g/mol. The number of anilines is 3. The van der Waals surface area contributed by atoms with Gasteiger partial charge in [0, 0.05) is 13.1 Å². The van der Waals surface area contributed by atoms with Gasteiger partial charge in [-0.1, -0.05) is 11.3 Å². The Bertz CT molecular complexity index is 883. The van der Waals surface area contributed by atoms with E-state index < -0.39 is 5.82 Å². The molecule has 0 bridgehead atoms. The summed E-state index contributed by atoms with van der Waals surface area (Å²) < 4.78 is 14.3. The quantitative estimate of drug-likeness (QED) is 0.693. The van der Waals surface area contributed by atoms with Gasteiger partial charge in [0.1, 0.15) is 10.6 Å². The van der Waals surface area contributed by atoms with Gasteiger partial charge in [0.15, 0.2) is 5.13 Å². The third-order valence-electron chi connectivity index (χ3n) is 3.94. The van der Waals surface area contributed by atoms with E-state index in [0.29, 0.717) is 10.6 Å². The fraction of sp³-hybridized carbons (Fsp3) is 0.250. The van der Waals surface area contributed by atoms with Crippen LogP contribution in [0.1, 0.15) is 22.5 Å². The number of nitrogens with zero attached hydrogens (tertiary/aromatic N) is 2. The number of nitrogen functional groups attached to an aromatic ring is 1. The van der Waals surface area contributed by atoms with Crippen molar-refractivity contribution in [1.29, 1.82) is 0 Å². The van der Waals surface area contributed by atoms with Crippen molar-refractivity contribution in [2.75, 3.05) is 29.0 Å². The molecule has 4 rings (SSSR count). The molecule has 3 N–H and O–H groups in total. The number of hydrogen-bond donors (Lipinski definition) is 2. The molecule has 2 aromatic heterocycles. The minimum absolute atomic E-state index is 0.280. The molecular formula is C16H15FN4OS2. The van der Waals surface area contributed by atoms with Crippen molar-refractivity contribution in [2.45, 2.75) is 12.8 Å². The zero-order valence-corrected chi connectivity index (χ0v) is 14.3. The number of hydrogen-bond acceptors (Lipinski definition) is 6. The average Bonchev–Trinajstić information content (AvgIpc) is 3.24. The van der Waals surface area contributed by atoms with Crippen molar-refractivity contribution < 1.29 is 9.18 Å². The molecule has 3 aromatic rings. The van der Waals surface area contributed by atoms with E-state index in [1.807, 2.05) is 6.07 Å². The van der Waals surface area contributed by atoms with Crippen LogP contribution in [0.25, 0.3) is 9.53 Å². The third-order valence-corrected chi connectivity index (χ3v) is 6.16. The molecular weight excluding hydrogens is 347 g/mol. The Hall–Kier alpha value is -2.19. The summed E-state index contributed by atoms with van der Waals surface area (Å²) in [7, 11) is 0. The Labute approximate surface area is 145 Å². The summed E-state index contributed by atoms with van der Waals surface area (Å²) in [4.78, 5) is 20.7. The minimum atomic E-state index is -0.441. The van der Waals surface area contributed by atoms with Crippen LogP contribution >= 0.6 is 22.7 Å². The van der Waals surface area contributed by atoms with Crippen LogP contribution in [0.2, 0.25) is 0 Å². The number of fused-ring (bicyclic) bond motifs is 1. The first-order valence-electron chi connectivity index (χ1n) is 7.62. The first-order chi connectivity index (χ1) is 11.6. The fourth-order valence-corrected chi connectivity index (χ4v) is 4.86. The van der Waals surface area contributed by atoms with E-state index >= 15 is 0 Å². The zero-order chi connectivity index (χ0) is 16.7. The van der Waals surface area contributed by atoms with E-state index in [1.54, 1.807) is 11.3 Å². The maximum absolute atomic E-state index is 13.3. The van der Waals surface area contributed by atoms with Crippen LogP contribution in [-0.2, 0) is 0 Å². The minimum Gasteiger partial charge on any atom is -0.397 e. The molecule has 1 saturated heterocycles. The first kappa shape index (κ1) is 15.3. The Balaban J connectivity index is 1.56. The normalized spacial score (nSPS) is 14.5. The van der Waals surface area contributed by atoms with Gasteiger partial charge in [-0.05, 0) is 37.1 Å². The molecule has 1 aliphatic rings. The van der Waals surface area contributed by atoms with Crippen LogP contribution in [0.15, 0.2) is 24.3 Å². The predicted octanol–water partition coefficient (Wildman–Crippen LogP) is 3.93. The largest absolute Gasteiger partial charge is 0.397 e. The van der Waals surface area contributed by atoms with Crippen LogP contribution in [0, 0.1) is 5.82 Å². The number of thiophene rings is 1. The molecule has 8 heteroatoms. The number of aromatic nitrogens is 1. The third kappa shape index (κ3) is 2.83. The van der Waals surface area contributed by atoms with E-state index in [4.69, 9.17) is 5.73 Å². The molecule has 0 saturated carbocycles. The summed E-state index contributed by atoms with van der Waals surface area (Å²) in [6.45, 7) is 2.10. The van der Waals surface area contributed by atoms with Gasteiger partial charge in [-0.3, -0.25) is 4.79 Å². The van der Waals surface area contributed by atoms with Crippen LogP contribution < -0.4 is 16.0 Å². The molecule has 0 radical (unpaired) electrons. The van der Waals surface area contributed by atoms with Gasteiger partial charge in [-0.25, -0.2) is 9.37 Å². The number of benzene rings is 1. The highest BCUT2D eigenvalue weighted by Crippen LogP contribution is 2.36. The van der Waals surface area contributed by atoms with Crippen LogP contribution in [0.5, 0.6) is 0 Å². The van der Waals surface area contributed by atoms with Gasteiger partial charge in [0.05, 0.1) is 21.0 Å². The number of halogens is 1. The van der Waals surface area contributed by atoms with E-state index in [0.717, 1.165) is 27.8 Å². The lowest BCUT2D eigenvalue weighted by Gasteiger charge is -2.11. The molecule has 1 fully saturated rings. The second kappa shape index (κ2) is 6.03. The number of amides is 1. The summed E-state index contributed by atoms with van der Waals surface area (Å²) in [6, 6.07) is 5.74. The number of nitrogens with two attached hydrogens (primary N) is 1. The Morgan fingerprint density at radius 1 is 1.25 bits per heavy atom. The van der Waals surface area contributed by atoms with Crippen LogP contribution in [-0.4, -0.2) is 24.0 Å². The maximum atomic E-state index is 13.3. The molecule has 0 spiro atoms. The highest BCUT2D eigenvalue weighted by Gasteiger charge is 2.19. The molecule has 24 heavy (non-hydrogen) atoms. The van der Waals surface area contributed by atoms with Gasteiger partial charge in [-0.2, -0.15) is 0 Å². The highest BCUT2D eigenvalue weighted by molar-refractivity contribution is 7.29. The monoisotopic (exact) mass is 362 g/mol. The summed E-state index contributed by atoms with van der Waals surface area (Å²) in [5.74, 6) is -0.742. The summed E-state index contributed by atoms with van der Waals surface area (Å²) in [5.41, 5.74) is 6.38. The Morgan fingerprint density at radius 3 is 2.79 bits per heavy atom. The van der Waals surface area contributed by atoms with Crippen LogP contribution in [0.4, 0.5) is 20.9 Å². The molecule has 0 unspecified atom stereocenters. The van der Waals surface area contributed by atoms with Crippen molar-refractivity contribution >= 4 is 54.6 Å². The van der Waals surface area contributed by atoms with Crippen molar-refractivity contribution in [3.63, 3.8) is 0 Å². The number of nitrogens with one attached hydrogen (secondary N) is 1. The van der Waals surface area contributed by atoms with Gasteiger partial charge in [0.2, 0.25) is 0 Å². The van der Waals surface area contributed by atoms with Gasteiger partial charge in [0.25, 0.3) is 5.91 Å². The molecule has 1 aromatic carbocycles. The summed E-state index contributed by atoms with van der Waals surface area (Å²) in [5, 5.41) is 3.68. The van der Waals surface area contributed by atoms with E-state index in [-0.39, 0.29) is 11.6 Å². The highest BCUT2D eigenvalue weighted by atomic mass is 32.1. The smallest absolute Gasteiger partial charge is 0.265 e. The predicted molar refractivity (Wildman–Crippen MR) is 97.7 cm³/mol. The number of carbonyl (C=O) groups excluding carboxylic acids is 1. The number of carbonyl (C=O) groups is 1. The topological polar surface area (TPSA) is 71.2 Å². The lowest BCUT2D eigenvalue weighted by atomic mass is 10.2.